The summed E-state index contributed by atoms with van der Waals surface area (Å²) in [5.74, 6) is 0.00909. The third-order valence-corrected chi connectivity index (χ3v) is 6.04. The van der Waals surface area contributed by atoms with Gasteiger partial charge in [0.1, 0.15) is 17.5 Å². The van der Waals surface area contributed by atoms with Gasteiger partial charge in [-0.05, 0) is 55.0 Å². The molecule has 0 saturated carbocycles. The number of ether oxygens (including phenoxy) is 2. The van der Waals surface area contributed by atoms with Crippen LogP contribution in [-0.2, 0) is 9.59 Å². The normalized spacial score (nSPS) is 16.3. The van der Waals surface area contributed by atoms with Gasteiger partial charge >= 0.3 is 0 Å². The van der Waals surface area contributed by atoms with Crippen LogP contribution in [0.15, 0.2) is 78.9 Å². The van der Waals surface area contributed by atoms with Crippen molar-refractivity contribution in [1.29, 1.82) is 0 Å². The number of hydrogen-bond acceptors (Lipinski definition) is 5. The first-order valence-corrected chi connectivity index (χ1v) is 11.0. The van der Waals surface area contributed by atoms with Crippen molar-refractivity contribution in [3.8, 4) is 11.5 Å². The van der Waals surface area contributed by atoms with E-state index in [2.05, 4.69) is 0 Å². The Bertz CT molecular complexity index is 1190. The zero-order valence-corrected chi connectivity index (χ0v) is 19.3. The minimum absolute atomic E-state index is 0.0995. The minimum Gasteiger partial charge on any atom is -0.497 e. The van der Waals surface area contributed by atoms with Crippen LogP contribution < -0.4 is 14.4 Å². The Morgan fingerprint density at radius 3 is 2.24 bits per heavy atom. The molecule has 1 saturated heterocycles. The van der Waals surface area contributed by atoms with Gasteiger partial charge in [0.25, 0.3) is 11.8 Å². The summed E-state index contributed by atoms with van der Waals surface area (Å²) in [6.07, 6.45) is -0.0995. The van der Waals surface area contributed by atoms with E-state index >= 15 is 0 Å². The molecule has 3 amide bonds. The third-order valence-electron chi connectivity index (χ3n) is 6.04. The van der Waals surface area contributed by atoms with Gasteiger partial charge in [-0.15, -0.1) is 0 Å². The average Bonchev–Trinajstić information content (AvgIpc) is 3.17. The number of carbonyl (C=O) groups is 3. The number of nitrogens with zero attached hydrogens (tertiary/aromatic N) is 2. The fraction of sp³-hybridized carbons (Fsp3) is 0.222. The standard InChI is InChI=1S/C27H26N2O5/c1-18(19-8-5-4-6-9-19)28(26(31)20-10-7-11-23(16-20)34-3)24-17-25(30)29(27(24)32)21-12-14-22(33-2)15-13-21/h4-16,18,24H,17H2,1-3H3. The first-order chi connectivity index (χ1) is 16.4. The molecule has 0 radical (unpaired) electrons. The average molecular weight is 459 g/mol. The Morgan fingerprint density at radius 1 is 0.912 bits per heavy atom. The van der Waals surface area contributed by atoms with E-state index in [9.17, 15) is 14.4 Å². The summed E-state index contributed by atoms with van der Waals surface area (Å²) in [5.41, 5.74) is 1.69. The quantitative estimate of drug-likeness (QED) is 0.495. The highest BCUT2D eigenvalue weighted by molar-refractivity contribution is 6.23. The number of methoxy groups -OCH3 is 2. The zero-order chi connectivity index (χ0) is 24.2. The van der Waals surface area contributed by atoms with Crippen molar-refractivity contribution in [3.63, 3.8) is 0 Å². The van der Waals surface area contributed by atoms with E-state index < -0.39 is 18.0 Å². The molecule has 4 rings (SSSR count). The van der Waals surface area contributed by atoms with E-state index in [1.54, 1.807) is 55.6 Å². The van der Waals surface area contributed by atoms with Gasteiger partial charge in [-0.1, -0.05) is 36.4 Å². The molecule has 0 aliphatic carbocycles. The fourth-order valence-electron chi connectivity index (χ4n) is 4.22. The topological polar surface area (TPSA) is 76.2 Å². The van der Waals surface area contributed by atoms with Gasteiger partial charge in [0, 0.05) is 5.56 Å². The molecule has 3 aromatic carbocycles. The van der Waals surface area contributed by atoms with E-state index in [0.717, 1.165) is 10.5 Å². The summed E-state index contributed by atoms with van der Waals surface area (Å²) in [7, 11) is 3.07. The number of rotatable bonds is 7. The van der Waals surface area contributed by atoms with E-state index in [4.69, 9.17) is 9.47 Å². The van der Waals surface area contributed by atoms with Gasteiger partial charge in [0.2, 0.25) is 5.91 Å². The number of hydrogen-bond donors (Lipinski definition) is 0. The van der Waals surface area contributed by atoms with Crippen molar-refractivity contribution >= 4 is 23.4 Å². The zero-order valence-electron chi connectivity index (χ0n) is 19.3. The van der Waals surface area contributed by atoms with Gasteiger partial charge < -0.3 is 14.4 Å². The van der Waals surface area contributed by atoms with Crippen LogP contribution in [0.2, 0.25) is 0 Å². The van der Waals surface area contributed by atoms with Gasteiger partial charge in [-0.25, -0.2) is 4.90 Å². The molecule has 7 heteroatoms. The lowest BCUT2D eigenvalue weighted by atomic mass is 10.0. The molecular weight excluding hydrogens is 432 g/mol. The number of carbonyl (C=O) groups excluding carboxylic acids is 3. The molecular formula is C27H26N2O5. The predicted octanol–water partition coefficient (Wildman–Crippen LogP) is 4.24. The largest absolute Gasteiger partial charge is 0.497 e. The monoisotopic (exact) mass is 458 g/mol. The summed E-state index contributed by atoms with van der Waals surface area (Å²) in [4.78, 5) is 43.0. The van der Waals surface area contributed by atoms with Crippen molar-refractivity contribution < 1.29 is 23.9 Å². The number of anilines is 1. The molecule has 0 bridgehead atoms. The lowest BCUT2D eigenvalue weighted by Gasteiger charge is -2.33. The maximum Gasteiger partial charge on any atom is 0.257 e. The molecule has 1 aliphatic heterocycles. The van der Waals surface area contributed by atoms with Crippen LogP contribution in [0.3, 0.4) is 0 Å². The highest BCUT2D eigenvalue weighted by atomic mass is 16.5. The fourth-order valence-corrected chi connectivity index (χ4v) is 4.22. The van der Waals surface area contributed by atoms with Gasteiger partial charge in [0.05, 0.1) is 32.4 Å². The Morgan fingerprint density at radius 2 is 1.59 bits per heavy atom. The minimum atomic E-state index is -0.941. The Hall–Kier alpha value is -4.13. The van der Waals surface area contributed by atoms with Crippen LogP contribution in [0.1, 0.15) is 35.3 Å². The van der Waals surface area contributed by atoms with Gasteiger partial charge in [-0.3, -0.25) is 14.4 Å². The second-order valence-electron chi connectivity index (χ2n) is 8.02. The molecule has 0 N–H and O–H groups in total. The summed E-state index contributed by atoms with van der Waals surface area (Å²) >= 11 is 0. The van der Waals surface area contributed by atoms with Crippen LogP contribution >= 0.6 is 0 Å². The summed E-state index contributed by atoms with van der Waals surface area (Å²) in [6, 6.07) is 21.5. The molecule has 1 aliphatic rings. The third kappa shape index (κ3) is 4.37. The predicted molar refractivity (Wildman–Crippen MR) is 128 cm³/mol. The molecule has 34 heavy (non-hydrogen) atoms. The highest BCUT2D eigenvalue weighted by Crippen LogP contribution is 2.33. The SMILES string of the molecule is COc1ccc(N2C(=O)CC(N(C(=O)c3cccc(OC)c3)C(C)c3ccccc3)C2=O)cc1. The van der Waals surface area contributed by atoms with E-state index in [0.29, 0.717) is 22.7 Å². The molecule has 1 heterocycles. The number of imide groups is 1. The molecule has 0 aromatic heterocycles. The number of amides is 3. The molecule has 174 valence electrons. The Kier molecular flexibility index (Phi) is 6.63. The molecule has 1 fully saturated rings. The Labute approximate surface area is 198 Å². The first-order valence-electron chi connectivity index (χ1n) is 11.0. The van der Waals surface area contributed by atoms with Gasteiger partial charge in [-0.2, -0.15) is 0 Å². The van der Waals surface area contributed by atoms with Crippen LogP contribution in [0.5, 0.6) is 11.5 Å². The lowest BCUT2D eigenvalue weighted by molar-refractivity contribution is -0.122. The second kappa shape index (κ2) is 9.79. The first kappa shape index (κ1) is 23.0. The smallest absolute Gasteiger partial charge is 0.257 e. The summed E-state index contributed by atoms with van der Waals surface area (Å²) in [5, 5.41) is 0. The van der Waals surface area contributed by atoms with Crippen molar-refractivity contribution in [2.24, 2.45) is 0 Å². The van der Waals surface area contributed by atoms with Crippen molar-refractivity contribution in [3.05, 3.63) is 90.0 Å². The molecule has 3 aromatic rings. The van der Waals surface area contributed by atoms with E-state index in [1.807, 2.05) is 37.3 Å². The highest BCUT2D eigenvalue weighted by Gasteiger charge is 2.46. The molecule has 0 spiro atoms. The number of benzene rings is 3. The lowest BCUT2D eigenvalue weighted by Crippen LogP contribution is -2.46. The van der Waals surface area contributed by atoms with Crippen LogP contribution in [0, 0.1) is 0 Å². The summed E-state index contributed by atoms with van der Waals surface area (Å²) < 4.78 is 10.5. The van der Waals surface area contributed by atoms with Crippen molar-refractivity contribution in [2.45, 2.75) is 25.4 Å². The molecule has 7 nitrogen and oxygen atoms in total. The van der Waals surface area contributed by atoms with Crippen molar-refractivity contribution in [1.82, 2.24) is 4.90 Å². The van der Waals surface area contributed by atoms with E-state index in [-0.39, 0.29) is 18.2 Å². The van der Waals surface area contributed by atoms with Crippen LogP contribution in [0.4, 0.5) is 5.69 Å². The van der Waals surface area contributed by atoms with Gasteiger partial charge in [0.15, 0.2) is 0 Å². The Balaban J connectivity index is 1.72. The maximum absolute atomic E-state index is 13.8. The van der Waals surface area contributed by atoms with Crippen LogP contribution in [-0.4, -0.2) is 42.9 Å². The second-order valence-corrected chi connectivity index (χ2v) is 8.02. The van der Waals surface area contributed by atoms with Crippen molar-refractivity contribution in [2.75, 3.05) is 19.1 Å². The van der Waals surface area contributed by atoms with E-state index in [1.165, 1.54) is 12.0 Å². The van der Waals surface area contributed by atoms with Crippen LogP contribution in [0.25, 0.3) is 0 Å². The molecule has 2 unspecified atom stereocenters. The molecule has 2 atom stereocenters. The maximum atomic E-state index is 13.8. The summed E-state index contributed by atoms with van der Waals surface area (Å²) in [6.45, 7) is 1.86.